The standard InChI is InChI=1S/C24H32F3NO2S/c1-13(2)18-11-19(14(3)4)23(20(12-18)15(5)6)31(29,30)28-22-10-16(7)9-21(17(22)8)24(25,26)27/h9-15,28H,1-8H3. The van der Waals surface area contributed by atoms with Crippen LogP contribution in [0.15, 0.2) is 29.2 Å². The number of sulfonamides is 1. The molecule has 2 rings (SSSR count). The van der Waals surface area contributed by atoms with Crippen LogP contribution in [0, 0.1) is 13.8 Å². The maximum Gasteiger partial charge on any atom is 0.416 e. The fourth-order valence-electron chi connectivity index (χ4n) is 3.65. The summed E-state index contributed by atoms with van der Waals surface area (Å²) < 4.78 is 69.9. The van der Waals surface area contributed by atoms with Crippen molar-refractivity contribution in [3.63, 3.8) is 0 Å². The van der Waals surface area contributed by atoms with Gasteiger partial charge in [-0.25, -0.2) is 8.42 Å². The highest BCUT2D eigenvalue weighted by Gasteiger charge is 2.34. The molecule has 0 heterocycles. The summed E-state index contributed by atoms with van der Waals surface area (Å²) in [4.78, 5) is 0.163. The van der Waals surface area contributed by atoms with Gasteiger partial charge in [-0.1, -0.05) is 53.7 Å². The van der Waals surface area contributed by atoms with Crippen LogP contribution in [-0.4, -0.2) is 8.42 Å². The minimum atomic E-state index is -4.57. The van der Waals surface area contributed by atoms with E-state index in [4.69, 9.17) is 0 Å². The van der Waals surface area contributed by atoms with Crippen molar-refractivity contribution in [2.75, 3.05) is 4.72 Å². The quantitative estimate of drug-likeness (QED) is 0.490. The molecule has 0 aliphatic carbocycles. The number of benzene rings is 2. The lowest BCUT2D eigenvalue weighted by molar-refractivity contribution is -0.138. The number of halogens is 3. The van der Waals surface area contributed by atoms with E-state index in [-0.39, 0.29) is 33.9 Å². The van der Waals surface area contributed by atoms with Gasteiger partial charge >= 0.3 is 6.18 Å². The molecule has 0 aliphatic rings. The van der Waals surface area contributed by atoms with Crippen LogP contribution in [0.2, 0.25) is 0 Å². The maximum absolute atomic E-state index is 13.6. The molecule has 0 bridgehead atoms. The van der Waals surface area contributed by atoms with Crippen molar-refractivity contribution in [2.24, 2.45) is 0 Å². The number of rotatable bonds is 6. The molecule has 0 radical (unpaired) electrons. The average Bonchev–Trinajstić information content (AvgIpc) is 2.61. The smallest absolute Gasteiger partial charge is 0.279 e. The van der Waals surface area contributed by atoms with Gasteiger partial charge in [0.15, 0.2) is 0 Å². The highest BCUT2D eigenvalue weighted by atomic mass is 32.2. The largest absolute Gasteiger partial charge is 0.416 e. The van der Waals surface area contributed by atoms with Crippen LogP contribution >= 0.6 is 0 Å². The van der Waals surface area contributed by atoms with E-state index in [1.165, 1.54) is 19.9 Å². The fraction of sp³-hybridized carbons (Fsp3) is 0.500. The van der Waals surface area contributed by atoms with Gasteiger partial charge in [-0.15, -0.1) is 0 Å². The summed E-state index contributed by atoms with van der Waals surface area (Å²) in [5.74, 6) is 0.0623. The number of anilines is 1. The Kier molecular flexibility index (Phi) is 7.20. The van der Waals surface area contributed by atoms with Crippen molar-refractivity contribution in [3.8, 4) is 0 Å². The molecule has 3 nitrogen and oxygen atoms in total. The molecule has 0 saturated carbocycles. The van der Waals surface area contributed by atoms with E-state index in [1.807, 2.05) is 53.7 Å². The van der Waals surface area contributed by atoms with Crippen molar-refractivity contribution in [3.05, 3.63) is 57.6 Å². The molecule has 0 amide bonds. The minimum Gasteiger partial charge on any atom is -0.279 e. The van der Waals surface area contributed by atoms with Crippen molar-refractivity contribution in [2.45, 2.75) is 84.2 Å². The Labute approximate surface area is 184 Å². The van der Waals surface area contributed by atoms with Crippen LogP contribution in [0.5, 0.6) is 0 Å². The Morgan fingerprint density at radius 2 is 1.29 bits per heavy atom. The van der Waals surface area contributed by atoms with Gasteiger partial charge in [-0.2, -0.15) is 13.2 Å². The van der Waals surface area contributed by atoms with Crippen LogP contribution in [0.25, 0.3) is 0 Å². The summed E-state index contributed by atoms with van der Waals surface area (Å²) in [6.07, 6.45) is -4.57. The second-order valence-electron chi connectivity index (χ2n) is 9.08. The summed E-state index contributed by atoms with van der Waals surface area (Å²) in [5.41, 5.74) is 1.68. The Balaban J connectivity index is 2.76. The molecule has 7 heteroatoms. The molecule has 0 atom stereocenters. The summed E-state index contributed by atoms with van der Waals surface area (Å²) >= 11 is 0. The van der Waals surface area contributed by atoms with Gasteiger partial charge in [0, 0.05) is 0 Å². The van der Waals surface area contributed by atoms with Crippen LogP contribution in [0.3, 0.4) is 0 Å². The molecule has 0 aromatic heterocycles. The van der Waals surface area contributed by atoms with E-state index in [2.05, 4.69) is 4.72 Å². The van der Waals surface area contributed by atoms with Crippen LogP contribution in [-0.2, 0) is 16.2 Å². The highest BCUT2D eigenvalue weighted by Crippen LogP contribution is 2.39. The van der Waals surface area contributed by atoms with E-state index in [0.717, 1.165) is 11.6 Å². The molecule has 2 aromatic carbocycles. The molecular weight excluding hydrogens is 423 g/mol. The fourth-order valence-corrected chi connectivity index (χ4v) is 5.47. The first kappa shape index (κ1) is 25.2. The topological polar surface area (TPSA) is 46.2 Å². The van der Waals surface area contributed by atoms with Gasteiger partial charge < -0.3 is 0 Å². The van der Waals surface area contributed by atoms with Gasteiger partial charge in [0.2, 0.25) is 0 Å². The first-order valence-electron chi connectivity index (χ1n) is 10.4. The molecule has 31 heavy (non-hydrogen) atoms. The van der Waals surface area contributed by atoms with Crippen LogP contribution in [0.4, 0.5) is 18.9 Å². The van der Waals surface area contributed by atoms with Crippen molar-refractivity contribution in [1.29, 1.82) is 0 Å². The molecule has 0 saturated heterocycles. The maximum atomic E-state index is 13.6. The van der Waals surface area contributed by atoms with E-state index in [0.29, 0.717) is 16.7 Å². The van der Waals surface area contributed by atoms with Gasteiger partial charge in [-0.05, 0) is 71.6 Å². The minimum absolute atomic E-state index is 0.0512. The monoisotopic (exact) mass is 455 g/mol. The van der Waals surface area contributed by atoms with Crippen LogP contribution in [0.1, 0.15) is 92.7 Å². The SMILES string of the molecule is Cc1cc(NS(=O)(=O)c2c(C(C)C)cc(C(C)C)cc2C(C)C)c(C)c(C(F)(F)F)c1. The van der Waals surface area contributed by atoms with Crippen molar-refractivity contribution < 1.29 is 21.6 Å². The molecule has 1 N–H and O–H groups in total. The lowest BCUT2D eigenvalue weighted by Crippen LogP contribution is -2.20. The van der Waals surface area contributed by atoms with Gasteiger partial charge in [0.05, 0.1) is 16.1 Å². The molecule has 0 aliphatic heterocycles. The van der Waals surface area contributed by atoms with E-state index >= 15 is 0 Å². The molecular formula is C24H32F3NO2S. The molecule has 172 valence electrons. The van der Waals surface area contributed by atoms with E-state index < -0.39 is 21.8 Å². The van der Waals surface area contributed by atoms with Gasteiger partial charge in [0.25, 0.3) is 10.0 Å². The summed E-state index contributed by atoms with van der Waals surface area (Å²) in [6, 6.07) is 6.28. The summed E-state index contributed by atoms with van der Waals surface area (Å²) in [7, 11) is -4.13. The van der Waals surface area contributed by atoms with Gasteiger partial charge in [-0.3, -0.25) is 4.72 Å². The zero-order valence-electron chi connectivity index (χ0n) is 19.4. The zero-order valence-corrected chi connectivity index (χ0v) is 20.2. The second-order valence-corrected chi connectivity index (χ2v) is 10.7. The Morgan fingerprint density at radius 3 is 1.68 bits per heavy atom. The van der Waals surface area contributed by atoms with Gasteiger partial charge in [0.1, 0.15) is 0 Å². The second kappa shape index (κ2) is 8.85. The number of hydrogen-bond acceptors (Lipinski definition) is 2. The highest BCUT2D eigenvalue weighted by molar-refractivity contribution is 7.92. The predicted octanol–water partition coefficient (Wildman–Crippen LogP) is 7.49. The molecule has 0 spiro atoms. The average molecular weight is 456 g/mol. The number of alkyl halides is 3. The third kappa shape index (κ3) is 5.43. The first-order valence-corrected chi connectivity index (χ1v) is 11.9. The lowest BCUT2D eigenvalue weighted by Gasteiger charge is -2.24. The first-order chi connectivity index (χ1) is 14.1. The molecule has 2 aromatic rings. The lowest BCUT2D eigenvalue weighted by atomic mass is 9.89. The third-order valence-corrected chi connectivity index (χ3v) is 6.95. The Morgan fingerprint density at radius 1 is 0.806 bits per heavy atom. The third-order valence-electron chi connectivity index (χ3n) is 5.45. The number of hydrogen-bond donors (Lipinski definition) is 1. The van der Waals surface area contributed by atoms with E-state index in [9.17, 15) is 21.6 Å². The van der Waals surface area contributed by atoms with Crippen LogP contribution < -0.4 is 4.72 Å². The Hall–Kier alpha value is -2.02. The van der Waals surface area contributed by atoms with E-state index in [1.54, 1.807) is 0 Å². The summed E-state index contributed by atoms with van der Waals surface area (Å²) in [6.45, 7) is 14.6. The van der Waals surface area contributed by atoms with Crippen molar-refractivity contribution in [1.82, 2.24) is 0 Å². The normalized spacial score (nSPS) is 12.8. The number of aryl methyl sites for hydroxylation is 1. The molecule has 0 fully saturated rings. The zero-order chi connectivity index (χ0) is 23.9. The van der Waals surface area contributed by atoms with Crippen molar-refractivity contribution >= 4 is 15.7 Å². The predicted molar refractivity (Wildman–Crippen MR) is 120 cm³/mol. The summed E-state index contributed by atoms with van der Waals surface area (Å²) in [5, 5.41) is 0. The molecule has 0 unspecified atom stereocenters. The number of nitrogens with one attached hydrogen (secondary N) is 1. The Bertz CT molecular complexity index is 1040.